The molecule has 0 spiro atoms. The van der Waals surface area contributed by atoms with Crippen LogP contribution in [0.1, 0.15) is 60.8 Å². The van der Waals surface area contributed by atoms with Crippen LogP contribution in [-0.4, -0.2) is 59.4 Å². The number of hydrogen-bond acceptors (Lipinski definition) is 4. The minimum absolute atomic E-state index is 0.0552. The average Bonchev–Trinajstić information content (AvgIpc) is 2.80. The Morgan fingerprint density at radius 1 is 1.07 bits per heavy atom. The third-order valence-electron chi connectivity index (χ3n) is 5.75. The van der Waals surface area contributed by atoms with Crippen LogP contribution in [-0.2, 0) is 14.4 Å². The number of carbonyl (C=O) groups excluding carboxylic acids is 4. The summed E-state index contributed by atoms with van der Waals surface area (Å²) in [7, 11) is 0. The van der Waals surface area contributed by atoms with Crippen LogP contribution in [0.4, 0.5) is 4.79 Å². The van der Waals surface area contributed by atoms with Gasteiger partial charge in [-0.1, -0.05) is 20.8 Å². The highest BCUT2D eigenvalue weighted by Crippen LogP contribution is 2.45. The van der Waals surface area contributed by atoms with Gasteiger partial charge in [0, 0.05) is 25.0 Å². The van der Waals surface area contributed by atoms with E-state index in [2.05, 4.69) is 16.0 Å². The van der Waals surface area contributed by atoms with Crippen LogP contribution in [0.25, 0.3) is 0 Å². The highest BCUT2D eigenvalue weighted by Gasteiger charge is 2.53. The van der Waals surface area contributed by atoms with Crippen LogP contribution in [0.3, 0.4) is 0 Å². The zero-order chi connectivity index (χ0) is 22.9. The predicted molar refractivity (Wildman–Crippen MR) is 113 cm³/mol. The molecule has 170 valence electrons. The lowest BCUT2D eigenvalue weighted by atomic mass is 9.73. The van der Waals surface area contributed by atoms with Crippen molar-refractivity contribution in [1.82, 2.24) is 20.9 Å². The summed E-state index contributed by atoms with van der Waals surface area (Å²) in [6, 6.07) is -1.78. The Labute approximate surface area is 178 Å². The first-order valence-corrected chi connectivity index (χ1v) is 10.7. The molecule has 9 nitrogen and oxygen atoms in total. The van der Waals surface area contributed by atoms with E-state index in [1.807, 2.05) is 41.5 Å². The molecule has 9 heteroatoms. The first kappa shape index (κ1) is 24.0. The van der Waals surface area contributed by atoms with Crippen molar-refractivity contribution in [2.75, 3.05) is 13.1 Å². The highest BCUT2D eigenvalue weighted by atomic mass is 16.2. The van der Waals surface area contributed by atoms with Crippen molar-refractivity contribution in [3.63, 3.8) is 0 Å². The smallest absolute Gasteiger partial charge is 0.315 e. The van der Waals surface area contributed by atoms with Crippen LogP contribution in [0.15, 0.2) is 0 Å². The second-order valence-electron chi connectivity index (χ2n) is 10.6. The van der Waals surface area contributed by atoms with Crippen molar-refractivity contribution < 1.29 is 19.2 Å². The molecule has 0 radical (unpaired) electrons. The summed E-state index contributed by atoms with van der Waals surface area (Å²) in [5, 5.41) is 8.39. The lowest BCUT2D eigenvalue weighted by Crippen LogP contribution is -2.61. The number of rotatable bonds is 6. The number of primary amides is 1. The molecule has 5 amide bonds. The molecule has 1 heterocycles. The molecule has 5 N–H and O–H groups in total. The zero-order valence-electron chi connectivity index (χ0n) is 19.0. The molecule has 4 unspecified atom stereocenters. The van der Waals surface area contributed by atoms with E-state index in [1.165, 1.54) is 0 Å². The zero-order valence-corrected chi connectivity index (χ0v) is 19.0. The fourth-order valence-corrected chi connectivity index (χ4v) is 4.13. The molecule has 2 aliphatic rings. The van der Waals surface area contributed by atoms with Gasteiger partial charge in [0.15, 0.2) is 0 Å². The summed E-state index contributed by atoms with van der Waals surface area (Å²) in [5.41, 5.74) is 4.16. The standard InChI is InChI=1S/C21H37N5O4/c1-20(2,3)16(24-19(30)25-21(4,5)6)18(29)26-11-12-7-8-13(12)15(26)17(28)23-10-9-14(22)27/h12-13,15-16H,7-11H2,1-6H3,(H2,22,27)(H,23,28)(H2,24,25,30). The Morgan fingerprint density at radius 2 is 1.70 bits per heavy atom. The van der Waals surface area contributed by atoms with Gasteiger partial charge in [0.2, 0.25) is 17.7 Å². The molecule has 0 bridgehead atoms. The summed E-state index contributed by atoms with van der Waals surface area (Å²) < 4.78 is 0. The van der Waals surface area contributed by atoms with Gasteiger partial charge in [0.1, 0.15) is 12.1 Å². The van der Waals surface area contributed by atoms with E-state index in [4.69, 9.17) is 5.73 Å². The Kier molecular flexibility index (Phi) is 7.04. The minimum atomic E-state index is -0.779. The maximum absolute atomic E-state index is 13.5. The van der Waals surface area contributed by atoms with Crippen molar-refractivity contribution in [3.05, 3.63) is 0 Å². The topological polar surface area (TPSA) is 134 Å². The maximum atomic E-state index is 13.5. The van der Waals surface area contributed by atoms with Crippen molar-refractivity contribution in [3.8, 4) is 0 Å². The van der Waals surface area contributed by atoms with Crippen molar-refractivity contribution in [2.45, 2.75) is 78.4 Å². The van der Waals surface area contributed by atoms with E-state index in [-0.39, 0.29) is 30.7 Å². The Bertz CT molecular complexity index is 694. The molecule has 4 atom stereocenters. The van der Waals surface area contributed by atoms with Crippen LogP contribution in [0.5, 0.6) is 0 Å². The molecular formula is C21H37N5O4. The predicted octanol–water partition coefficient (Wildman–Crippen LogP) is 0.727. The van der Waals surface area contributed by atoms with E-state index < -0.39 is 35.0 Å². The van der Waals surface area contributed by atoms with Gasteiger partial charge < -0.3 is 26.6 Å². The molecule has 30 heavy (non-hydrogen) atoms. The Hall–Kier alpha value is -2.32. The van der Waals surface area contributed by atoms with Crippen molar-refractivity contribution in [2.24, 2.45) is 23.0 Å². The molecule has 1 aliphatic carbocycles. The summed E-state index contributed by atoms with van der Waals surface area (Å²) in [6.45, 7) is 11.9. The number of urea groups is 1. The Morgan fingerprint density at radius 3 is 2.17 bits per heavy atom. The number of nitrogens with zero attached hydrogens (tertiary/aromatic N) is 1. The van der Waals surface area contributed by atoms with E-state index in [0.29, 0.717) is 12.5 Å². The molecule has 2 rings (SSSR count). The average molecular weight is 424 g/mol. The number of nitrogens with two attached hydrogens (primary N) is 1. The second kappa shape index (κ2) is 8.81. The lowest BCUT2D eigenvalue weighted by molar-refractivity contribution is -0.142. The molecule has 2 fully saturated rings. The molecule has 1 saturated carbocycles. The quantitative estimate of drug-likeness (QED) is 0.501. The van der Waals surface area contributed by atoms with E-state index in [1.54, 1.807) is 4.90 Å². The monoisotopic (exact) mass is 423 g/mol. The SMILES string of the molecule is CC(C)(C)NC(=O)NC(C(=O)N1CC2CCC2C1C(=O)NCCC(N)=O)C(C)(C)C. The van der Waals surface area contributed by atoms with Gasteiger partial charge in [-0.15, -0.1) is 0 Å². The number of amides is 5. The van der Waals surface area contributed by atoms with Gasteiger partial charge in [-0.3, -0.25) is 14.4 Å². The first-order chi connectivity index (χ1) is 13.7. The van der Waals surface area contributed by atoms with E-state index in [0.717, 1.165) is 12.8 Å². The van der Waals surface area contributed by atoms with Crippen molar-refractivity contribution in [1.29, 1.82) is 0 Å². The van der Waals surface area contributed by atoms with Gasteiger partial charge >= 0.3 is 6.03 Å². The maximum Gasteiger partial charge on any atom is 0.315 e. The number of fused-ring (bicyclic) bond motifs is 1. The van der Waals surface area contributed by atoms with Gasteiger partial charge in [-0.05, 0) is 50.9 Å². The van der Waals surface area contributed by atoms with Crippen LogP contribution < -0.4 is 21.7 Å². The fraction of sp³-hybridized carbons (Fsp3) is 0.810. The van der Waals surface area contributed by atoms with Gasteiger partial charge in [-0.2, -0.15) is 0 Å². The molecule has 1 aliphatic heterocycles. The first-order valence-electron chi connectivity index (χ1n) is 10.7. The summed E-state index contributed by atoms with van der Waals surface area (Å²) >= 11 is 0. The highest BCUT2D eigenvalue weighted by molar-refractivity contribution is 5.93. The number of nitrogens with one attached hydrogen (secondary N) is 3. The minimum Gasteiger partial charge on any atom is -0.370 e. The Balaban J connectivity index is 2.17. The third kappa shape index (κ3) is 5.86. The molecule has 0 aromatic rings. The van der Waals surface area contributed by atoms with Crippen LogP contribution in [0, 0.1) is 17.3 Å². The van der Waals surface area contributed by atoms with Gasteiger partial charge in [0.05, 0.1) is 0 Å². The fourth-order valence-electron chi connectivity index (χ4n) is 4.13. The van der Waals surface area contributed by atoms with Crippen LogP contribution in [0.2, 0.25) is 0 Å². The molecule has 1 saturated heterocycles. The summed E-state index contributed by atoms with van der Waals surface area (Å²) in [5.74, 6) is -0.589. The molecular weight excluding hydrogens is 386 g/mol. The number of carbonyl (C=O) groups is 4. The summed E-state index contributed by atoms with van der Waals surface area (Å²) in [6.07, 6.45) is 1.93. The number of likely N-dealkylation sites (tertiary alicyclic amines) is 1. The van der Waals surface area contributed by atoms with Crippen molar-refractivity contribution >= 4 is 23.8 Å². The van der Waals surface area contributed by atoms with Gasteiger partial charge in [-0.25, -0.2) is 4.79 Å². The molecule has 0 aromatic heterocycles. The van der Waals surface area contributed by atoms with Gasteiger partial charge in [0.25, 0.3) is 0 Å². The lowest BCUT2D eigenvalue weighted by Gasteiger charge is -2.37. The van der Waals surface area contributed by atoms with E-state index >= 15 is 0 Å². The third-order valence-corrected chi connectivity index (χ3v) is 5.75. The van der Waals surface area contributed by atoms with E-state index in [9.17, 15) is 19.2 Å². The second-order valence-corrected chi connectivity index (χ2v) is 10.6. The normalized spacial score (nSPS) is 24.3. The number of hydrogen-bond donors (Lipinski definition) is 4. The summed E-state index contributed by atoms with van der Waals surface area (Å²) in [4.78, 5) is 51.5. The largest absolute Gasteiger partial charge is 0.370 e. The van der Waals surface area contributed by atoms with Crippen LogP contribution >= 0.6 is 0 Å². The molecule has 0 aromatic carbocycles.